The zero-order valence-corrected chi connectivity index (χ0v) is 14.8. The zero-order chi connectivity index (χ0) is 16.3. The SMILES string of the molecule is CCCC(=O)N1CCCC1C(=O)NC(C)c1cc(C)sc1C. The van der Waals surface area contributed by atoms with Gasteiger partial charge in [-0.25, -0.2) is 0 Å². The van der Waals surface area contributed by atoms with Crippen molar-refractivity contribution in [3.8, 4) is 0 Å². The van der Waals surface area contributed by atoms with Gasteiger partial charge in [-0.3, -0.25) is 9.59 Å². The Bertz CT molecular complexity index is 553. The van der Waals surface area contributed by atoms with E-state index < -0.39 is 0 Å². The summed E-state index contributed by atoms with van der Waals surface area (Å²) >= 11 is 1.75. The fourth-order valence-corrected chi connectivity index (χ4v) is 4.19. The highest BCUT2D eigenvalue weighted by Gasteiger charge is 2.34. The van der Waals surface area contributed by atoms with Crippen LogP contribution in [0.2, 0.25) is 0 Å². The van der Waals surface area contributed by atoms with Gasteiger partial charge in [-0.2, -0.15) is 0 Å². The van der Waals surface area contributed by atoms with Gasteiger partial charge in [-0.15, -0.1) is 11.3 Å². The van der Waals surface area contributed by atoms with Gasteiger partial charge in [0.05, 0.1) is 6.04 Å². The molecular formula is C17H26N2O2S. The van der Waals surface area contributed by atoms with Crippen molar-refractivity contribution in [3.05, 3.63) is 21.4 Å². The van der Waals surface area contributed by atoms with Crippen LogP contribution in [0.5, 0.6) is 0 Å². The Morgan fingerprint density at radius 3 is 2.77 bits per heavy atom. The molecule has 1 saturated heterocycles. The third-order valence-corrected chi connectivity index (χ3v) is 5.23. The number of nitrogens with one attached hydrogen (secondary N) is 1. The maximum absolute atomic E-state index is 12.6. The van der Waals surface area contributed by atoms with E-state index >= 15 is 0 Å². The van der Waals surface area contributed by atoms with Crippen LogP contribution in [0.4, 0.5) is 0 Å². The molecule has 0 aliphatic carbocycles. The summed E-state index contributed by atoms with van der Waals surface area (Å²) in [5.74, 6) is 0.0908. The van der Waals surface area contributed by atoms with E-state index in [2.05, 4.69) is 25.2 Å². The predicted octanol–water partition coefficient (Wildman–Crippen LogP) is 3.33. The van der Waals surface area contributed by atoms with Gasteiger partial charge in [0.2, 0.25) is 11.8 Å². The van der Waals surface area contributed by atoms with Gasteiger partial charge in [0.1, 0.15) is 6.04 Å². The molecule has 4 nitrogen and oxygen atoms in total. The van der Waals surface area contributed by atoms with Gasteiger partial charge in [0, 0.05) is 22.7 Å². The van der Waals surface area contributed by atoms with Gasteiger partial charge >= 0.3 is 0 Å². The number of carbonyl (C=O) groups is 2. The normalized spacial score (nSPS) is 19.3. The Morgan fingerprint density at radius 1 is 1.45 bits per heavy atom. The summed E-state index contributed by atoms with van der Waals surface area (Å²) in [4.78, 5) is 29.0. The van der Waals surface area contributed by atoms with E-state index in [1.807, 2.05) is 13.8 Å². The van der Waals surface area contributed by atoms with E-state index in [1.54, 1.807) is 16.2 Å². The third-order valence-electron chi connectivity index (χ3n) is 4.24. The fraction of sp³-hybridized carbons (Fsp3) is 0.647. The summed E-state index contributed by atoms with van der Waals surface area (Å²) in [6, 6.07) is 1.84. The monoisotopic (exact) mass is 322 g/mol. The molecule has 2 rings (SSSR count). The lowest BCUT2D eigenvalue weighted by Crippen LogP contribution is -2.46. The first kappa shape index (κ1) is 17.0. The first-order chi connectivity index (χ1) is 10.4. The number of aryl methyl sites for hydroxylation is 2. The quantitative estimate of drug-likeness (QED) is 0.904. The lowest BCUT2D eigenvalue weighted by molar-refractivity contribution is -0.138. The molecule has 1 N–H and O–H groups in total. The van der Waals surface area contributed by atoms with E-state index in [9.17, 15) is 9.59 Å². The molecule has 2 amide bonds. The van der Waals surface area contributed by atoms with Crippen molar-refractivity contribution in [2.75, 3.05) is 6.54 Å². The minimum atomic E-state index is -0.290. The van der Waals surface area contributed by atoms with Crippen LogP contribution >= 0.6 is 11.3 Å². The Hall–Kier alpha value is -1.36. The van der Waals surface area contributed by atoms with Crippen LogP contribution in [0, 0.1) is 13.8 Å². The van der Waals surface area contributed by atoms with Crippen molar-refractivity contribution in [2.24, 2.45) is 0 Å². The Morgan fingerprint density at radius 2 is 2.18 bits per heavy atom. The van der Waals surface area contributed by atoms with E-state index in [1.165, 1.54) is 15.3 Å². The highest BCUT2D eigenvalue weighted by molar-refractivity contribution is 7.12. The average Bonchev–Trinajstić information content (AvgIpc) is 3.05. The van der Waals surface area contributed by atoms with Gasteiger partial charge < -0.3 is 10.2 Å². The zero-order valence-electron chi connectivity index (χ0n) is 13.9. The van der Waals surface area contributed by atoms with Crippen LogP contribution < -0.4 is 5.32 Å². The summed E-state index contributed by atoms with van der Waals surface area (Å²) in [6.45, 7) is 8.88. The summed E-state index contributed by atoms with van der Waals surface area (Å²) in [6.07, 6.45) is 3.05. The smallest absolute Gasteiger partial charge is 0.243 e. The highest BCUT2D eigenvalue weighted by Crippen LogP contribution is 2.27. The number of rotatable bonds is 5. The summed E-state index contributed by atoms with van der Waals surface area (Å²) in [7, 11) is 0. The molecule has 1 aliphatic heterocycles. The molecule has 0 bridgehead atoms. The summed E-state index contributed by atoms with van der Waals surface area (Å²) in [5, 5.41) is 3.09. The van der Waals surface area contributed by atoms with Crippen molar-refractivity contribution in [1.29, 1.82) is 0 Å². The van der Waals surface area contributed by atoms with Crippen molar-refractivity contribution in [2.45, 2.75) is 65.5 Å². The molecule has 2 atom stereocenters. The Balaban J connectivity index is 2.01. The topological polar surface area (TPSA) is 49.4 Å². The molecule has 22 heavy (non-hydrogen) atoms. The van der Waals surface area contributed by atoms with E-state index in [4.69, 9.17) is 0 Å². The lowest BCUT2D eigenvalue weighted by Gasteiger charge is -2.25. The molecule has 1 aliphatic rings. The fourth-order valence-electron chi connectivity index (χ4n) is 3.16. The van der Waals surface area contributed by atoms with Crippen LogP contribution in [0.1, 0.15) is 60.9 Å². The molecular weight excluding hydrogens is 296 g/mol. The molecule has 0 saturated carbocycles. The van der Waals surface area contributed by atoms with Crippen LogP contribution in [0.3, 0.4) is 0 Å². The molecule has 1 fully saturated rings. The molecule has 0 aromatic carbocycles. The van der Waals surface area contributed by atoms with Crippen molar-refractivity contribution in [1.82, 2.24) is 10.2 Å². The average molecular weight is 322 g/mol. The number of amides is 2. The second-order valence-electron chi connectivity index (χ2n) is 6.09. The highest BCUT2D eigenvalue weighted by atomic mass is 32.1. The molecule has 2 unspecified atom stereocenters. The number of thiophene rings is 1. The number of nitrogens with zero attached hydrogens (tertiary/aromatic N) is 1. The number of carbonyl (C=O) groups excluding carboxylic acids is 2. The first-order valence-electron chi connectivity index (χ1n) is 8.10. The maximum atomic E-state index is 12.6. The number of hydrogen-bond donors (Lipinski definition) is 1. The summed E-state index contributed by atoms with van der Waals surface area (Å²) in [5.41, 5.74) is 1.18. The maximum Gasteiger partial charge on any atom is 0.243 e. The Kier molecular flexibility index (Phi) is 5.62. The van der Waals surface area contributed by atoms with Crippen LogP contribution in [-0.2, 0) is 9.59 Å². The standard InChI is InChI=1S/C17H26N2O2S/c1-5-7-16(20)19-9-6-8-15(19)17(21)18-12(3)14-10-11(2)22-13(14)4/h10,12,15H,5-9H2,1-4H3,(H,18,21). The molecule has 0 radical (unpaired) electrons. The third kappa shape index (κ3) is 3.69. The van der Waals surface area contributed by atoms with Crippen LogP contribution in [-0.4, -0.2) is 29.3 Å². The predicted molar refractivity (Wildman–Crippen MR) is 90.0 cm³/mol. The van der Waals surface area contributed by atoms with Crippen molar-refractivity contribution < 1.29 is 9.59 Å². The van der Waals surface area contributed by atoms with E-state index in [-0.39, 0.29) is 23.9 Å². The molecule has 5 heteroatoms. The van der Waals surface area contributed by atoms with Crippen molar-refractivity contribution in [3.63, 3.8) is 0 Å². The largest absolute Gasteiger partial charge is 0.348 e. The molecule has 2 heterocycles. The molecule has 0 spiro atoms. The van der Waals surface area contributed by atoms with E-state index in [0.29, 0.717) is 13.0 Å². The number of likely N-dealkylation sites (tertiary alicyclic amines) is 1. The second-order valence-corrected chi connectivity index (χ2v) is 7.55. The second kappa shape index (κ2) is 7.27. The van der Waals surface area contributed by atoms with Gasteiger partial charge in [-0.05, 0) is 51.7 Å². The lowest BCUT2D eigenvalue weighted by atomic mass is 10.1. The minimum absolute atomic E-state index is 0.0128. The van der Waals surface area contributed by atoms with Crippen LogP contribution in [0.25, 0.3) is 0 Å². The van der Waals surface area contributed by atoms with Gasteiger partial charge in [0.25, 0.3) is 0 Å². The first-order valence-corrected chi connectivity index (χ1v) is 8.92. The molecule has 1 aromatic heterocycles. The summed E-state index contributed by atoms with van der Waals surface area (Å²) < 4.78 is 0. The number of hydrogen-bond acceptors (Lipinski definition) is 3. The molecule has 1 aromatic rings. The van der Waals surface area contributed by atoms with Crippen LogP contribution in [0.15, 0.2) is 6.07 Å². The molecule has 122 valence electrons. The van der Waals surface area contributed by atoms with Gasteiger partial charge in [-0.1, -0.05) is 6.92 Å². The van der Waals surface area contributed by atoms with Gasteiger partial charge in [0.15, 0.2) is 0 Å². The van der Waals surface area contributed by atoms with E-state index in [0.717, 1.165) is 19.3 Å². The Labute approximate surface area is 136 Å². The van der Waals surface area contributed by atoms with Crippen molar-refractivity contribution >= 4 is 23.2 Å². The minimum Gasteiger partial charge on any atom is -0.348 e.